The summed E-state index contributed by atoms with van der Waals surface area (Å²) in [7, 11) is 0. The molecular weight excluding hydrogens is 376 g/mol. The molecule has 1 aromatic carbocycles. The fraction of sp³-hybridized carbons (Fsp3) is 0.500. The van der Waals surface area contributed by atoms with Crippen LogP contribution >= 0.6 is 0 Å². The molecule has 0 unspecified atom stereocenters. The minimum Gasteiger partial charge on any atom is -0.462 e. The fourth-order valence-corrected chi connectivity index (χ4v) is 6.16. The van der Waals surface area contributed by atoms with Crippen molar-refractivity contribution in [2.75, 3.05) is 11.9 Å². The summed E-state index contributed by atoms with van der Waals surface area (Å²) in [4.78, 5) is 25.1. The second-order valence-corrected chi connectivity index (χ2v) is 9.21. The predicted octanol–water partition coefficient (Wildman–Crippen LogP) is 4.78. The number of aliphatic imine (C=N–C) groups is 1. The van der Waals surface area contributed by atoms with Gasteiger partial charge >= 0.3 is 5.97 Å². The van der Waals surface area contributed by atoms with Crippen LogP contribution < -0.4 is 5.32 Å². The van der Waals surface area contributed by atoms with E-state index in [1.54, 1.807) is 18.6 Å². The number of nitrogens with one attached hydrogen (secondary N) is 1. The topological polar surface area (TPSA) is 76.5 Å². The first-order chi connectivity index (χ1) is 14.6. The Hall–Kier alpha value is -2.76. The lowest BCUT2D eigenvalue weighted by molar-refractivity contribution is 0.0107. The number of carbonyl (C=O) groups excluding carboxylic acids is 1. The van der Waals surface area contributed by atoms with Gasteiger partial charge in [0.15, 0.2) is 0 Å². The van der Waals surface area contributed by atoms with Crippen molar-refractivity contribution in [3.8, 4) is 0 Å². The quantitative estimate of drug-likeness (QED) is 0.554. The Kier molecular flexibility index (Phi) is 5.01. The lowest BCUT2D eigenvalue weighted by Gasteiger charge is -2.57. The van der Waals surface area contributed by atoms with Crippen LogP contribution in [0, 0.1) is 17.8 Å². The van der Waals surface area contributed by atoms with Crippen LogP contribution in [0.4, 0.5) is 11.4 Å². The van der Waals surface area contributed by atoms with Crippen LogP contribution in [0.5, 0.6) is 0 Å². The standard InChI is InChI=1S/C24H28N4O2/c1-2-30-23(29)20-3-4-21(22(8-20)27-14-19-12-25-15-26-13-19)28-24-9-16-5-17(10-24)7-18(6-16)11-24/h3-4,8,12-18,28H,2,5-7,9-11H2,1H3/b27-14-. The van der Waals surface area contributed by atoms with E-state index in [0.717, 1.165) is 34.7 Å². The van der Waals surface area contributed by atoms with Gasteiger partial charge in [-0.1, -0.05) is 0 Å². The molecule has 1 N–H and O–H groups in total. The van der Waals surface area contributed by atoms with Gasteiger partial charge in [0.25, 0.3) is 0 Å². The Bertz CT molecular complexity index is 922. The molecule has 4 saturated carbocycles. The van der Waals surface area contributed by atoms with Crippen LogP contribution in [-0.2, 0) is 4.74 Å². The van der Waals surface area contributed by atoms with Crippen molar-refractivity contribution in [1.29, 1.82) is 0 Å². The Labute approximate surface area is 177 Å². The smallest absolute Gasteiger partial charge is 0.338 e. The molecule has 0 radical (unpaired) electrons. The highest BCUT2D eigenvalue weighted by Crippen LogP contribution is 2.57. The van der Waals surface area contributed by atoms with Crippen molar-refractivity contribution in [1.82, 2.24) is 9.97 Å². The lowest BCUT2D eigenvalue weighted by Crippen LogP contribution is -2.54. The molecule has 0 atom stereocenters. The van der Waals surface area contributed by atoms with Crippen LogP contribution in [-0.4, -0.2) is 34.3 Å². The number of nitrogens with zero attached hydrogens (tertiary/aromatic N) is 3. The van der Waals surface area contributed by atoms with Crippen LogP contribution in [0.3, 0.4) is 0 Å². The molecule has 0 amide bonds. The van der Waals surface area contributed by atoms with E-state index >= 15 is 0 Å². The predicted molar refractivity (Wildman–Crippen MR) is 116 cm³/mol. The minimum absolute atomic E-state index is 0.167. The zero-order valence-electron chi connectivity index (χ0n) is 17.4. The molecule has 0 saturated heterocycles. The third-order valence-corrected chi connectivity index (χ3v) is 6.88. The van der Waals surface area contributed by atoms with Crippen LogP contribution in [0.25, 0.3) is 0 Å². The van der Waals surface area contributed by atoms with Gasteiger partial charge in [0.05, 0.1) is 23.5 Å². The largest absolute Gasteiger partial charge is 0.462 e. The van der Waals surface area contributed by atoms with E-state index in [1.807, 2.05) is 25.1 Å². The highest BCUT2D eigenvalue weighted by atomic mass is 16.5. The Balaban J connectivity index is 1.46. The highest BCUT2D eigenvalue weighted by Gasteiger charge is 2.51. The summed E-state index contributed by atoms with van der Waals surface area (Å²) in [5.74, 6) is 2.25. The summed E-state index contributed by atoms with van der Waals surface area (Å²) in [6, 6.07) is 5.64. The number of hydrogen-bond donors (Lipinski definition) is 1. The zero-order chi connectivity index (χ0) is 20.6. The fourth-order valence-electron chi connectivity index (χ4n) is 6.16. The van der Waals surface area contributed by atoms with Crippen molar-refractivity contribution >= 4 is 23.6 Å². The number of aromatic nitrogens is 2. The zero-order valence-corrected chi connectivity index (χ0v) is 17.4. The number of hydrogen-bond acceptors (Lipinski definition) is 6. The third-order valence-electron chi connectivity index (χ3n) is 6.88. The molecule has 4 aliphatic carbocycles. The van der Waals surface area contributed by atoms with E-state index in [-0.39, 0.29) is 11.5 Å². The molecule has 6 rings (SSSR count). The summed E-state index contributed by atoms with van der Waals surface area (Å²) < 4.78 is 5.19. The van der Waals surface area contributed by atoms with Crippen molar-refractivity contribution < 1.29 is 9.53 Å². The molecule has 30 heavy (non-hydrogen) atoms. The van der Waals surface area contributed by atoms with E-state index in [4.69, 9.17) is 9.73 Å². The van der Waals surface area contributed by atoms with Gasteiger partial charge in [0, 0.05) is 29.7 Å². The molecule has 156 valence electrons. The van der Waals surface area contributed by atoms with Gasteiger partial charge in [-0.2, -0.15) is 0 Å². The number of anilines is 1. The maximum Gasteiger partial charge on any atom is 0.338 e. The summed E-state index contributed by atoms with van der Waals surface area (Å²) in [5, 5.41) is 3.89. The molecule has 6 nitrogen and oxygen atoms in total. The second-order valence-electron chi connectivity index (χ2n) is 9.21. The number of benzene rings is 1. The lowest BCUT2D eigenvalue weighted by atomic mass is 9.53. The molecule has 1 heterocycles. The van der Waals surface area contributed by atoms with E-state index in [1.165, 1.54) is 44.9 Å². The first-order valence-electron chi connectivity index (χ1n) is 11.0. The molecule has 0 aliphatic heterocycles. The molecular formula is C24H28N4O2. The van der Waals surface area contributed by atoms with Crippen molar-refractivity contribution in [3.05, 3.63) is 48.0 Å². The molecule has 4 bridgehead atoms. The van der Waals surface area contributed by atoms with Gasteiger partial charge in [-0.3, -0.25) is 4.99 Å². The molecule has 4 fully saturated rings. The summed E-state index contributed by atoms with van der Waals surface area (Å²) in [6.45, 7) is 2.17. The average molecular weight is 405 g/mol. The second kappa shape index (κ2) is 7.82. The van der Waals surface area contributed by atoms with Gasteiger partial charge in [-0.05, 0) is 81.4 Å². The van der Waals surface area contributed by atoms with Gasteiger partial charge in [0.1, 0.15) is 6.33 Å². The summed E-state index contributed by atoms with van der Waals surface area (Å²) in [5.41, 5.74) is 3.24. The summed E-state index contributed by atoms with van der Waals surface area (Å²) in [6.07, 6.45) is 14.6. The maximum absolute atomic E-state index is 12.3. The Morgan fingerprint density at radius 3 is 2.47 bits per heavy atom. The van der Waals surface area contributed by atoms with Crippen LogP contribution in [0.1, 0.15) is 61.4 Å². The molecule has 0 spiro atoms. The van der Waals surface area contributed by atoms with E-state index in [2.05, 4.69) is 15.3 Å². The first kappa shape index (κ1) is 19.2. The van der Waals surface area contributed by atoms with Gasteiger partial charge in [0.2, 0.25) is 0 Å². The summed E-state index contributed by atoms with van der Waals surface area (Å²) >= 11 is 0. The SMILES string of the molecule is CCOC(=O)c1ccc(NC23CC4CC(CC(C4)C2)C3)c(/N=C\c2cncnc2)c1. The molecule has 4 aliphatic rings. The van der Waals surface area contributed by atoms with Gasteiger partial charge < -0.3 is 10.1 Å². The number of rotatable bonds is 6. The molecule has 1 aromatic heterocycles. The van der Waals surface area contributed by atoms with E-state index < -0.39 is 0 Å². The van der Waals surface area contributed by atoms with E-state index in [0.29, 0.717) is 12.2 Å². The number of carbonyl (C=O) groups is 1. The van der Waals surface area contributed by atoms with Gasteiger partial charge in [-0.25, -0.2) is 14.8 Å². The maximum atomic E-state index is 12.3. The third kappa shape index (κ3) is 3.83. The monoisotopic (exact) mass is 404 g/mol. The van der Waals surface area contributed by atoms with E-state index in [9.17, 15) is 4.79 Å². The van der Waals surface area contributed by atoms with Gasteiger partial charge in [-0.15, -0.1) is 0 Å². The average Bonchev–Trinajstić information content (AvgIpc) is 2.72. The van der Waals surface area contributed by atoms with Crippen molar-refractivity contribution in [2.24, 2.45) is 22.7 Å². The Morgan fingerprint density at radius 2 is 1.83 bits per heavy atom. The van der Waals surface area contributed by atoms with Crippen molar-refractivity contribution in [3.63, 3.8) is 0 Å². The minimum atomic E-state index is -0.321. The van der Waals surface area contributed by atoms with Crippen LogP contribution in [0.2, 0.25) is 0 Å². The number of esters is 1. The highest BCUT2D eigenvalue weighted by molar-refractivity contribution is 5.93. The first-order valence-corrected chi connectivity index (χ1v) is 11.0. The Morgan fingerprint density at radius 1 is 1.17 bits per heavy atom. The van der Waals surface area contributed by atoms with Crippen molar-refractivity contribution in [2.45, 2.75) is 51.0 Å². The van der Waals surface area contributed by atoms with Crippen LogP contribution in [0.15, 0.2) is 41.9 Å². The molecule has 6 heteroatoms. The molecule has 2 aromatic rings. The normalized spacial score (nSPS) is 29.3. The number of ether oxygens (including phenoxy) is 1.